The SMILES string of the molecule is CCOP(=O)(Cc1c(CCl)oc(CCl)c1CP(=O)(OCC)OCC)OCC. The van der Waals surface area contributed by atoms with E-state index in [0.717, 1.165) is 0 Å². The van der Waals surface area contributed by atoms with Crippen molar-refractivity contribution >= 4 is 38.4 Å². The molecule has 1 rings (SSSR count). The fourth-order valence-electron chi connectivity index (χ4n) is 2.62. The van der Waals surface area contributed by atoms with Gasteiger partial charge in [0.25, 0.3) is 0 Å². The zero-order valence-corrected chi connectivity index (χ0v) is 19.5. The maximum absolute atomic E-state index is 13.0. The molecule has 11 heteroatoms. The molecule has 0 bridgehead atoms. The fourth-order valence-corrected chi connectivity index (χ4v) is 6.65. The van der Waals surface area contributed by atoms with Crippen molar-refractivity contribution in [3.8, 4) is 0 Å². The summed E-state index contributed by atoms with van der Waals surface area (Å²) in [5.74, 6) is 0.846. The molecule has 0 aromatic carbocycles. The lowest BCUT2D eigenvalue weighted by Crippen LogP contribution is -2.05. The van der Waals surface area contributed by atoms with E-state index in [1.807, 2.05) is 0 Å². The molecule has 0 aliphatic rings. The molecule has 7 nitrogen and oxygen atoms in total. The number of furan rings is 1. The van der Waals surface area contributed by atoms with Gasteiger partial charge in [0.2, 0.25) is 0 Å². The Morgan fingerprint density at radius 2 is 1.00 bits per heavy atom. The number of hydrogen-bond donors (Lipinski definition) is 0. The summed E-state index contributed by atoms with van der Waals surface area (Å²) in [7, 11) is -6.87. The third kappa shape index (κ3) is 7.17. The predicted molar refractivity (Wildman–Crippen MR) is 107 cm³/mol. The number of halogens is 2. The number of alkyl halides is 2. The standard InChI is InChI=1S/C16H28Cl2O7P2/c1-5-21-26(19,22-6-2)11-13-14(16(10-18)25-15(13)9-17)12-27(20,23-7-3)24-8-4/h5-12H2,1-4H3. The molecular weight excluding hydrogens is 437 g/mol. The molecule has 0 saturated heterocycles. The molecule has 1 aromatic heterocycles. The normalized spacial score (nSPS) is 12.7. The van der Waals surface area contributed by atoms with Gasteiger partial charge in [-0.15, -0.1) is 23.2 Å². The summed E-state index contributed by atoms with van der Waals surface area (Å²) >= 11 is 12.0. The van der Waals surface area contributed by atoms with E-state index in [1.54, 1.807) is 27.7 Å². The van der Waals surface area contributed by atoms with Crippen molar-refractivity contribution in [1.82, 2.24) is 0 Å². The molecule has 0 saturated carbocycles. The van der Waals surface area contributed by atoms with Gasteiger partial charge >= 0.3 is 15.2 Å². The molecule has 0 spiro atoms. The molecular formula is C16H28Cl2O7P2. The summed E-state index contributed by atoms with van der Waals surface area (Å²) in [6.07, 6.45) is -0.130. The van der Waals surface area contributed by atoms with Crippen molar-refractivity contribution in [3.05, 3.63) is 22.6 Å². The van der Waals surface area contributed by atoms with Crippen LogP contribution in [0.5, 0.6) is 0 Å². The molecule has 0 radical (unpaired) electrons. The minimum absolute atomic E-state index is 0.0328. The van der Waals surface area contributed by atoms with Crippen molar-refractivity contribution in [2.24, 2.45) is 0 Å². The van der Waals surface area contributed by atoms with E-state index in [0.29, 0.717) is 22.6 Å². The minimum atomic E-state index is -3.43. The van der Waals surface area contributed by atoms with Crippen LogP contribution in [0.2, 0.25) is 0 Å². The van der Waals surface area contributed by atoms with Crippen LogP contribution in [0, 0.1) is 0 Å². The highest BCUT2D eigenvalue weighted by Crippen LogP contribution is 2.56. The molecule has 0 unspecified atom stereocenters. The average molecular weight is 465 g/mol. The van der Waals surface area contributed by atoms with E-state index in [4.69, 9.17) is 45.7 Å². The van der Waals surface area contributed by atoms with Gasteiger partial charge in [-0.25, -0.2) is 0 Å². The third-order valence-corrected chi connectivity index (χ3v) is 8.03. The summed E-state index contributed by atoms with van der Waals surface area (Å²) in [5.41, 5.74) is 1.04. The lowest BCUT2D eigenvalue weighted by molar-refractivity contribution is 0.217. The van der Waals surface area contributed by atoms with Gasteiger partial charge in [0.1, 0.15) is 11.5 Å². The first-order valence-electron chi connectivity index (χ1n) is 8.82. The quantitative estimate of drug-likeness (QED) is 0.236. The van der Waals surface area contributed by atoms with Gasteiger partial charge in [-0.05, 0) is 27.7 Å². The van der Waals surface area contributed by atoms with Crippen LogP contribution in [0.25, 0.3) is 0 Å². The summed E-state index contributed by atoms with van der Waals surface area (Å²) in [6, 6.07) is 0. The van der Waals surface area contributed by atoms with Crippen LogP contribution >= 0.6 is 38.4 Å². The Hall–Kier alpha value is 0.160. The van der Waals surface area contributed by atoms with E-state index in [1.165, 1.54) is 0 Å². The van der Waals surface area contributed by atoms with E-state index in [9.17, 15) is 9.13 Å². The van der Waals surface area contributed by atoms with Crippen LogP contribution in [0.3, 0.4) is 0 Å². The Kier molecular flexibility index (Phi) is 11.2. The van der Waals surface area contributed by atoms with Gasteiger partial charge in [-0.2, -0.15) is 0 Å². The van der Waals surface area contributed by atoms with Crippen LogP contribution in [0.15, 0.2) is 4.42 Å². The van der Waals surface area contributed by atoms with Gasteiger partial charge in [0.05, 0.1) is 50.5 Å². The van der Waals surface area contributed by atoms with Crippen molar-refractivity contribution < 1.29 is 31.6 Å². The van der Waals surface area contributed by atoms with Crippen molar-refractivity contribution in [2.75, 3.05) is 26.4 Å². The van der Waals surface area contributed by atoms with E-state index >= 15 is 0 Å². The fraction of sp³-hybridized carbons (Fsp3) is 0.750. The van der Waals surface area contributed by atoms with Crippen LogP contribution in [0.1, 0.15) is 50.3 Å². The van der Waals surface area contributed by atoms with Gasteiger partial charge in [0.15, 0.2) is 0 Å². The molecule has 0 N–H and O–H groups in total. The molecule has 0 amide bonds. The zero-order chi connectivity index (χ0) is 20.5. The molecule has 1 heterocycles. The summed E-state index contributed by atoms with van der Waals surface area (Å²) in [5, 5.41) is 0. The molecule has 0 atom stereocenters. The average Bonchev–Trinajstić information content (AvgIpc) is 2.92. The summed E-state index contributed by atoms with van der Waals surface area (Å²) < 4.78 is 53.3. The van der Waals surface area contributed by atoms with Crippen LogP contribution < -0.4 is 0 Å². The first-order chi connectivity index (χ1) is 12.8. The van der Waals surface area contributed by atoms with Crippen molar-refractivity contribution in [1.29, 1.82) is 0 Å². The lowest BCUT2D eigenvalue weighted by atomic mass is 10.1. The molecule has 0 fully saturated rings. The Labute approximate surface area is 171 Å². The summed E-state index contributed by atoms with van der Waals surface area (Å²) in [4.78, 5) is 0. The van der Waals surface area contributed by atoms with E-state index < -0.39 is 15.2 Å². The van der Waals surface area contributed by atoms with Gasteiger partial charge in [-0.3, -0.25) is 9.13 Å². The van der Waals surface area contributed by atoms with Crippen molar-refractivity contribution in [2.45, 2.75) is 51.8 Å². The zero-order valence-electron chi connectivity index (χ0n) is 16.2. The Balaban J connectivity index is 3.39. The number of hydrogen-bond acceptors (Lipinski definition) is 7. The topological polar surface area (TPSA) is 84.2 Å². The predicted octanol–water partition coefficient (Wildman–Crippen LogP) is 6.29. The monoisotopic (exact) mass is 464 g/mol. The van der Waals surface area contributed by atoms with Crippen molar-refractivity contribution in [3.63, 3.8) is 0 Å². The highest BCUT2D eigenvalue weighted by atomic mass is 35.5. The maximum atomic E-state index is 13.0. The summed E-state index contributed by atoms with van der Waals surface area (Å²) in [6.45, 7) is 7.80. The molecule has 0 aliphatic heterocycles. The highest BCUT2D eigenvalue weighted by Gasteiger charge is 2.34. The second-order valence-corrected chi connectivity index (χ2v) is 10.0. The lowest BCUT2D eigenvalue weighted by Gasteiger charge is -2.20. The van der Waals surface area contributed by atoms with Gasteiger partial charge in [-0.1, -0.05) is 0 Å². The van der Waals surface area contributed by atoms with E-state index in [-0.39, 0.29) is 50.5 Å². The second kappa shape index (κ2) is 12.0. The molecule has 27 heavy (non-hydrogen) atoms. The van der Waals surface area contributed by atoms with Crippen LogP contribution in [-0.4, -0.2) is 26.4 Å². The molecule has 158 valence electrons. The highest BCUT2D eigenvalue weighted by molar-refractivity contribution is 7.53. The first-order valence-corrected chi connectivity index (χ1v) is 13.3. The molecule has 0 aliphatic carbocycles. The third-order valence-electron chi connectivity index (χ3n) is 3.53. The maximum Gasteiger partial charge on any atom is 0.335 e. The number of rotatable bonds is 14. The largest absolute Gasteiger partial charge is 0.463 e. The van der Waals surface area contributed by atoms with Gasteiger partial charge < -0.3 is 22.5 Å². The Morgan fingerprint density at radius 3 is 1.22 bits per heavy atom. The second-order valence-electron chi connectivity index (χ2n) is 5.38. The first kappa shape index (κ1) is 25.2. The van der Waals surface area contributed by atoms with Gasteiger partial charge in [0, 0.05) is 11.1 Å². The minimum Gasteiger partial charge on any atom is -0.463 e. The Morgan fingerprint density at radius 1 is 0.704 bits per heavy atom. The van der Waals surface area contributed by atoms with Crippen LogP contribution in [-0.2, 0) is 51.3 Å². The van der Waals surface area contributed by atoms with Crippen LogP contribution in [0.4, 0.5) is 0 Å². The smallest absolute Gasteiger partial charge is 0.335 e. The van der Waals surface area contributed by atoms with E-state index in [2.05, 4.69) is 0 Å². The Bertz CT molecular complexity index is 603. The molecule has 1 aromatic rings.